The Labute approximate surface area is 170 Å². The van der Waals surface area contributed by atoms with E-state index in [-0.39, 0.29) is 11.2 Å². The Balaban J connectivity index is 1.46. The number of carbonyl (C=O) groups is 1. The third kappa shape index (κ3) is 6.91. The van der Waals surface area contributed by atoms with Crippen LogP contribution in [0.1, 0.15) is 30.9 Å². The fraction of sp³-hybridized carbons (Fsp3) is 0.409. The topological polar surface area (TPSA) is 38.3 Å². The van der Waals surface area contributed by atoms with Crippen molar-refractivity contribution in [2.45, 2.75) is 41.8 Å². The first-order valence-electron chi connectivity index (χ1n) is 9.45. The van der Waals surface area contributed by atoms with Crippen LogP contribution < -0.4 is 5.32 Å². The summed E-state index contributed by atoms with van der Waals surface area (Å²) in [7, 11) is 0. The fourth-order valence-corrected chi connectivity index (χ4v) is 4.89. The highest BCUT2D eigenvalue weighted by Gasteiger charge is 2.15. The summed E-state index contributed by atoms with van der Waals surface area (Å²) in [6, 6.07) is 18.5. The van der Waals surface area contributed by atoms with Gasteiger partial charge in [0.2, 0.25) is 5.91 Å². The van der Waals surface area contributed by atoms with E-state index in [0.717, 1.165) is 43.2 Å². The third-order valence-electron chi connectivity index (χ3n) is 4.56. The Morgan fingerprint density at radius 2 is 1.81 bits per heavy atom. The fourth-order valence-electron chi connectivity index (χ4n) is 2.91. The van der Waals surface area contributed by atoms with Crippen LogP contribution in [0.25, 0.3) is 0 Å². The van der Waals surface area contributed by atoms with E-state index in [1.165, 1.54) is 11.1 Å². The average molecular weight is 402 g/mol. The number of rotatable bonds is 8. The zero-order valence-electron chi connectivity index (χ0n) is 15.7. The van der Waals surface area contributed by atoms with Gasteiger partial charge < -0.3 is 10.1 Å². The lowest BCUT2D eigenvalue weighted by Crippen LogP contribution is -2.22. The van der Waals surface area contributed by atoms with E-state index in [1.807, 2.05) is 49.0 Å². The molecule has 144 valence electrons. The molecule has 1 heterocycles. The van der Waals surface area contributed by atoms with E-state index < -0.39 is 0 Å². The lowest BCUT2D eigenvalue weighted by Gasteiger charge is -2.21. The third-order valence-corrected chi connectivity index (χ3v) is 7.22. The standard InChI is InChI=1S/C22H27NO2S2/c1-17(26-15-18-6-3-2-4-7-18)22(24)23-20-9-5-8-19(14-20)16-27-21-10-12-25-13-11-21/h2-9,14,17,21H,10-13,15-16H2,1H3,(H,23,24). The molecule has 1 aliphatic heterocycles. The molecule has 1 unspecified atom stereocenters. The molecule has 1 saturated heterocycles. The second kappa shape index (κ2) is 10.8. The van der Waals surface area contributed by atoms with Gasteiger partial charge in [0.05, 0.1) is 5.25 Å². The summed E-state index contributed by atoms with van der Waals surface area (Å²) in [5.74, 6) is 1.88. The molecule has 0 aliphatic carbocycles. The van der Waals surface area contributed by atoms with Crippen molar-refractivity contribution in [1.29, 1.82) is 0 Å². The van der Waals surface area contributed by atoms with Gasteiger partial charge in [0.25, 0.3) is 0 Å². The van der Waals surface area contributed by atoms with Crippen molar-refractivity contribution in [3.8, 4) is 0 Å². The van der Waals surface area contributed by atoms with Crippen molar-refractivity contribution < 1.29 is 9.53 Å². The van der Waals surface area contributed by atoms with E-state index in [0.29, 0.717) is 5.25 Å². The van der Waals surface area contributed by atoms with Gasteiger partial charge in [-0.1, -0.05) is 42.5 Å². The van der Waals surface area contributed by atoms with Crippen molar-refractivity contribution in [3.05, 3.63) is 65.7 Å². The van der Waals surface area contributed by atoms with Crippen LogP contribution >= 0.6 is 23.5 Å². The van der Waals surface area contributed by atoms with Gasteiger partial charge in [-0.25, -0.2) is 0 Å². The summed E-state index contributed by atoms with van der Waals surface area (Å²) in [6.07, 6.45) is 2.27. The maximum absolute atomic E-state index is 12.5. The second-order valence-electron chi connectivity index (χ2n) is 6.75. The average Bonchev–Trinajstić information content (AvgIpc) is 2.72. The van der Waals surface area contributed by atoms with Gasteiger partial charge in [0, 0.05) is 35.7 Å². The SMILES string of the molecule is CC(SCc1ccccc1)C(=O)Nc1cccc(CSC2CCOCC2)c1. The lowest BCUT2D eigenvalue weighted by molar-refractivity contribution is -0.115. The van der Waals surface area contributed by atoms with Crippen molar-refractivity contribution in [3.63, 3.8) is 0 Å². The van der Waals surface area contributed by atoms with Crippen LogP contribution in [0.2, 0.25) is 0 Å². The number of nitrogens with one attached hydrogen (secondary N) is 1. The molecule has 1 amide bonds. The summed E-state index contributed by atoms with van der Waals surface area (Å²) >= 11 is 3.66. The van der Waals surface area contributed by atoms with E-state index in [1.54, 1.807) is 11.8 Å². The Hall–Kier alpha value is -1.43. The zero-order valence-corrected chi connectivity index (χ0v) is 17.4. The van der Waals surface area contributed by atoms with E-state index in [4.69, 9.17) is 4.74 Å². The van der Waals surface area contributed by atoms with E-state index in [9.17, 15) is 4.79 Å². The molecule has 27 heavy (non-hydrogen) atoms. The minimum Gasteiger partial charge on any atom is -0.381 e. The molecule has 3 nitrogen and oxygen atoms in total. The number of ether oxygens (including phenoxy) is 1. The molecule has 3 rings (SSSR count). The summed E-state index contributed by atoms with van der Waals surface area (Å²) in [5, 5.41) is 3.66. The van der Waals surface area contributed by atoms with Crippen LogP contribution in [0.3, 0.4) is 0 Å². The summed E-state index contributed by atoms with van der Waals surface area (Å²) < 4.78 is 5.42. The minimum atomic E-state index is -0.0922. The normalized spacial score (nSPS) is 16.0. The minimum absolute atomic E-state index is 0.0603. The van der Waals surface area contributed by atoms with Crippen molar-refractivity contribution in [2.24, 2.45) is 0 Å². The molecule has 0 saturated carbocycles. The van der Waals surface area contributed by atoms with Gasteiger partial charge in [-0.15, -0.1) is 11.8 Å². The highest BCUT2D eigenvalue weighted by Crippen LogP contribution is 2.27. The predicted molar refractivity (Wildman–Crippen MR) is 117 cm³/mol. The molecule has 0 bridgehead atoms. The Kier molecular flexibility index (Phi) is 8.11. The van der Waals surface area contributed by atoms with Crippen LogP contribution in [0.15, 0.2) is 54.6 Å². The van der Waals surface area contributed by atoms with Crippen LogP contribution in [0.5, 0.6) is 0 Å². The lowest BCUT2D eigenvalue weighted by atomic mass is 10.2. The highest BCUT2D eigenvalue weighted by molar-refractivity contribution is 7.99. The number of benzene rings is 2. The Morgan fingerprint density at radius 3 is 2.59 bits per heavy atom. The van der Waals surface area contributed by atoms with Gasteiger partial charge in [0.15, 0.2) is 0 Å². The van der Waals surface area contributed by atoms with Gasteiger partial charge in [-0.2, -0.15) is 11.8 Å². The molecule has 1 N–H and O–H groups in total. The predicted octanol–water partition coefficient (Wildman–Crippen LogP) is 5.36. The monoisotopic (exact) mass is 401 g/mol. The van der Waals surface area contributed by atoms with Crippen molar-refractivity contribution >= 4 is 35.1 Å². The first-order chi connectivity index (χ1) is 13.2. The maximum Gasteiger partial charge on any atom is 0.237 e. The molecule has 1 fully saturated rings. The number of thioether (sulfide) groups is 2. The van der Waals surface area contributed by atoms with Crippen LogP contribution in [-0.2, 0) is 21.0 Å². The van der Waals surface area contributed by atoms with E-state index in [2.05, 4.69) is 29.6 Å². The van der Waals surface area contributed by atoms with Gasteiger partial charge in [-0.05, 0) is 43.0 Å². The number of anilines is 1. The largest absolute Gasteiger partial charge is 0.381 e. The molecule has 1 atom stereocenters. The van der Waals surface area contributed by atoms with Crippen molar-refractivity contribution in [2.75, 3.05) is 18.5 Å². The Morgan fingerprint density at radius 1 is 1.07 bits per heavy atom. The molecule has 1 aliphatic rings. The van der Waals surface area contributed by atoms with E-state index >= 15 is 0 Å². The van der Waals surface area contributed by atoms with Crippen LogP contribution in [0.4, 0.5) is 5.69 Å². The second-order valence-corrected chi connectivity index (χ2v) is 9.37. The first kappa shape index (κ1) is 20.3. The smallest absolute Gasteiger partial charge is 0.237 e. The first-order valence-corrected chi connectivity index (χ1v) is 11.5. The molecular weight excluding hydrogens is 374 g/mol. The number of hydrogen-bond acceptors (Lipinski definition) is 4. The molecule has 2 aromatic carbocycles. The van der Waals surface area contributed by atoms with Gasteiger partial charge in [0.1, 0.15) is 0 Å². The molecule has 0 radical (unpaired) electrons. The molecule has 2 aromatic rings. The number of amides is 1. The maximum atomic E-state index is 12.5. The van der Waals surface area contributed by atoms with Gasteiger partial charge >= 0.3 is 0 Å². The Bertz CT molecular complexity index is 717. The van der Waals surface area contributed by atoms with Crippen LogP contribution in [0, 0.1) is 0 Å². The highest BCUT2D eigenvalue weighted by atomic mass is 32.2. The molecule has 5 heteroatoms. The number of hydrogen-bond donors (Lipinski definition) is 1. The molecular formula is C22H27NO2S2. The van der Waals surface area contributed by atoms with Gasteiger partial charge in [-0.3, -0.25) is 4.79 Å². The summed E-state index contributed by atoms with van der Waals surface area (Å²) in [5.41, 5.74) is 3.39. The van der Waals surface area contributed by atoms with Crippen molar-refractivity contribution in [1.82, 2.24) is 0 Å². The quantitative estimate of drug-likeness (QED) is 0.646. The van der Waals surface area contributed by atoms with Crippen LogP contribution in [-0.4, -0.2) is 29.6 Å². The number of carbonyl (C=O) groups excluding carboxylic acids is 1. The summed E-state index contributed by atoms with van der Waals surface area (Å²) in [4.78, 5) is 12.5. The summed E-state index contributed by atoms with van der Waals surface area (Å²) in [6.45, 7) is 3.73. The zero-order chi connectivity index (χ0) is 18.9. The molecule has 0 aromatic heterocycles. The molecule has 0 spiro atoms.